The van der Waals surface area contributed by atoms with Crippen molar-refractivity contribution in [1.29, 1.82) is 0 Å². The molecule has 214 valence electrons. The molecule has 0 saturated heterocycles. The van der Waals surface area contributed by atoms with Crippen molar-refractivity contribution >= 4 is 40.3 Å². The number of aliphatic imine (C=N–C) groups is 1. The first-order chi connectivity index (χ1) is 21.2. The average molecular weight is 586 g/mol. The van der Waals surface area contributed by atoms with Crippen LogP contribution in [-0.2, 0) is 0 Å². The van der Waals surface area contributed by atoms with Crippen LogP contribution in [0.1, 0.15) is 11.7 Å². The Labute approximate surface area is 256 Å². The Hall–Kier alpha value is -4.88. The van der Waals surface area contributed by atoms with Crippen LogP contribution in [-0.4, -0.2) is 26.6 Å². The van der Waals surface area contributed by atoms with E-state index in [1.54, 1.807) is 26.0 Å². The maximum atomic E-state index is 6.91. The molecule has 2 unspecified atom stereocenters. The Kier molecular flexibility index (Phi) is 7.39. The number of para-hydroxylation sites is 4. The van der Waals surface area contributed by atoms with Crippen molar-refractivity contribution in [2.24, 2.45) is 10.9 Å². The van der Waals surface area contributed by atoms with Crippen LogP contribution >= 0.6 is 11.8 Å². The van der Waals surface area contributed by atoms with Gasteiger partial charge in [0, 0.05) is 28.1 Å². The predicted molar refractivity (Wildman–Crippen MR) is 174 cm³/mol. The number of anilines is 3. The zero-order valence-electron chi connectivity index (χ0n) is 23.9. The van der Waals surface area contributed by atoms with Crippen LogP contribution in [0.15, 0.2) is 136 Å². The zero-order chi connectivity index (χ0) is 29.2. The van der Waals surface area contributed by atoms with Crippen LogP contribution in [0.5, 0.6) is 17.2 Å². The van der Waals surface area contributed by atoms with Gasteiger partial charge < -0.3 is 19.5 Å². The molecule has 6 nitrogen and oxygen atoms in total. The largest absolute Gasteiger partial charge is 0.497 e. The van der Waals surface area contributed by atoms with Gasteiger partial charge in [-0.3, -0.25) is 4.90 Å². The van der Waals surface area contributed by atoms with Gasteiger partial charge >= 0.3 is 0 Å². The maximum absolute atomic E-state index is 6.91. The molecule has 0 amide bonds. The molecule has 0 radical (unpaired) electrons. The number of methoxy groups -OCH3 is 2. The van der Waals surface area contributed by atoms with E-state index in [1.807, 2.05) is 54.6 Å². The SMILES string of the molecule is COc1ccc(C2Oc3ccccc3N=C(N3c4ccccc4Sc4ccccc43)C2CNc2cccc(OC)c2)cc1. The summed E-state index contributed by atoms with van der Waals surface area (Å²) in [4.78, 5) is 10.1. The molecule has 5 aromatic rings. The van der Waals surface area contributed by atoms with Gasteiger partial charge in [0.05, 0.1) is 31.5 Å². The first-order valence-electron chi connectivity index (χ1n) is 14.2. The van der Waals surface area contributed by atoms with E-state index in [2.05, 4.69) is 76.9 Å². The Balaban J connectivity index is 1.42. The average Bonchev–Trinajstić information content (AvgIpc) is 3.23. The van der Waals surface area contributed by atoms with Crippen LogP contribution in [0, 0.1) is 5.92 Å². The van der Waals surface area contributed by atoms with Crippen molar-refractivity contribution in [3.63, 3.8) is 0 Å². The van der Waals surface area contributed by atoms with Gasteiger partial charge in [-0.1, -0.05) is 66.4 Å². The minimum atomic E-state index is -0.347. The van der Waals surface area contributed by atoms with Crippen molar-refractivity contribution in [2.45, 2.75) is 15.9 Å². The summed E-state index contributed by atoms with van der Waals surface area (Å²) < 4.78 is 17.9. The van der Waals surface area contributed by atoms with Crippen LogP contribution in [0.25, 0.3) is 0 Å². The second kappa shape index (κ2) is 11.8. The van der Waals surface area contributed by atoms with Gasteiger partial charge in [0.1, 0.15) is 34.9 Å². The summed E-state index contributed by atoms with van der Waals surface area (Å²) >= 11 is 1.79. The number of fused-ring (bicyclic) bond motifs is 3. The zero-order valence-corrected chi connectivity index (χ0v) is 24.8. The van der Waals surface area contributed by atoms with E-state index in [4.69, 9.17) is 19.2 Å². The quantitative estimate of drug-likeness (QED) is 0.215. The summed E-state index contributed by atoms with van der Waals surface area (Å²) in [5, 5.41) is 3.69. The topological polar surface area (TPSA) is 55.3 Å². The Bertz CT molecular complexity index is 1740. The molecular formula is C36H31N3O3S. The second-order valence-electron chi connectivity index (χ2n) is 10.3. The monoisotopic (exact) mass is 585 g/mol. The highest BCUT2D eigenvalue weighted by Gasteiger charge is 2.39. The van der Waals surface area contributed by atoms with E-state index in [0.29, 0.717) is 6.54 Å². The highest BCUT2D eigenvalue weighted by atomic mass is 32.2. The summed E-state index contributed by atoms with van der Waals surface area (Å²) in [6.07, 6.45) is -0.347. The summed E-state index contributed by atoms with van der Waals surface area (Å²) in [5.41, 5.74) is 5.00. The standard InChI is InChI=1S/C36H31N3O3S/c1-40-26-20-18-24(19-21-26)35-28(23-37-25-10-9-11-27(22-25)41-2)36(38-29-12-3-6-15-32(29)42-35)39-30-13-4-7-16-33(30)43-34-17-8-5-14-31(34)39/h3-22,28,35,37H,23H2,1-2H3. The van der Waals surface area contributed by atoms with Gasteiger partial charge in [-0.2, -0.15) is 0 Å². The van der Waals surface area contributed by atoms with Crippen LogP contribution in [0.4, 0.5) is 22.7 Å². The highest BCUT2D eigenvalue weighted by molar-refractivity contribution is 7.99. The summed E-state index contributed by atoms with van der Waals surface area (Å²) in [6, 6.07) is 41.2. The maximum Gasteiger partial charge on any atom is 0.145 e. The number of amidine groups is 1. The Morgan fingerprint density at radius 3 is 2.14 bits per heavy atom. The first kappa shape index (κ1) is 27.0. The molecule has 5 aromatic carbocycles. The predicted octanol–water partition coefficient (Wildman–Crippen LogP) is 8.90. The summed E-state index contributed by atoms with van der Waals surface area (Å²) in [6.45, 7) is 0.560. The van der Waals surface area contributed by atoms with E-state index in [-0.39, 0.29) is 12.0 Å². The van der Waals surface area contributed by atoms with Crippen molar-refractivity contribution in [3.8, 4) is 17.2 Å². The van der Waals surface area contributed by atoms with Gasteiger partial charge in [-0.15, -0.1) is 0 Å². The molecule has 2 aliphatic heterocycles. The Morgan fingerprint density at radius 1 is 0.744 bits per heavy atom. The molecule has 0 fully saturated rings. The summed E-state index contributed by atoms with van der Waals surface area (Å²) in [7, 11) is 3.37. The number of nitrogens with zero attached hydrogens (tertiary/aromatic N) is 2. The third kappa shape index (κ3) is 5.28. The fourth-order valence-electron chi connectivity index (χ4n) is 5.63. The normalized spacial score (nSPS) is 16.9. The lowest BCUT2D eigenvalue weighted by atomic mass is 9.92. The molecule has 2 heterocycles. The Morgan fingerprint density at radius 2 is 1.42 bits per heavy atom. The number of ether oxygens (including phenoxy) is 3. The van der Waals surface area contributed by atoms with Gasteiger partial charge in [0.25, 0.3) is 0 Å². The molecule has 0 bridgehead atoms. The van der Waals surface area contributed by atoms with Crippen molar-refractivity contribution in [3.05, 3.63) is 127 Å². The second-order valence-corrected chi connectivity index (χ2v) is 11.4. The molecule has 7 heteroatoms. The molecule has 0 aromatic heterocycles. The smallest absolute Gasteiger partial charge is 0.145 e. The lowest BCUT2D eigenvalue weighted by Crippen LogP contribution is -2.41. The highest BCUT2D eigenvalue weighted by Crippen LogP contribution is 2.51. The number of hydrogen-bond acceptors (Lipinski definition) is 7. The van der Waals surface area contributed by atoms with E-state index in [0.717, 1.165) is 51.4 Å². The first-order valence-corrected chi connectivity index (χ1v) is 15.1. The van der Waals surface area contributed by atoms with E-state index in [1.165, 1.54) is 9.79 Å². The third-order valence-corrected chi connectivity index (χ3v) is 8.88. The molecule has 2 aliphatic rings. The molecule has 2 atom stereocenters. The fourth-order valence-corrected chi connectivity index (χ4v) is 6.69. The number of hydrogen-bond donors (Lipinski definition) is 1. The minimum Gasteiger partial charge on any atom is -0.497 e. The molecule has 43 heavy (non-hydrogen) atoms. The van der Waals surface area contributed by atoms with E-state index >= 15 is 0 Å². The lowest BCUT2D eigenvalue weighted by molar-refractivity contribution is 0.175. The van der Waals surface area contributed by atoms with Crippen LogP contribution in [0.2, 0.25) is 0 Å². The summed E-state index contributed by atoms with van der Waals surface area (Å²) in [5.74, 6) is 3.05. The third-order valence-electron chi connectivity index (χ3n) is 7.75. The fraction of sp³-hybridized carbons (Fsp3) is 0.139. The minimum absolute atomic E-state index is 0.198. The molecular weight excluding hydrogens is 554 g/mol. The van der Waals surface area contributed by atoms with Gasteiger partial charge in [-0.05, 0) is 66.2 Å². The lowest BCUT2D eigenvalue weighted by Gasteiger charge is -2.38. The van der Waals surface area contributed by atoms with E-state index in [9.17, 15) is 0 Å². The van der Waals surface area contributed by atoms with Crippen molar-refractivity contribution < 1.29 is 14.2 Å². The molecule has 0 aliphatic carbocycles. The number of benzene rings is 5. The molecule has 7 rings (SSSR count). The molecule has 0 spiro atoms. The van der Waals surface area contributed by atoms with Gasteiger partial charge in [0.2, 0.25) is 0 Å². The number of rotatable bonds is 6. The molecule has 1 N–H and O–H groups in total. The van der Waals surface area contributed by atoms with Gasteiger partial charge in [0.15, 0.2) is 0 Å². The van der Waals surface area contributed by atoms with Gasteiger partial charge in [-0.25, -0.2) is 4.99 Å². The van der Waals surface area contributed by atoms with Crippen LogP contribution < -0.4 is 24.4 Å². The van der Waals surface area contributed by atoms with E-state index < -0.39 is 0 Å². The van der Waals surface area contributed by atoms with Crippen LogP contribution in [0.3, 0.4) is 0 Å². The van der Waals surface area contributed by atoms with Crippen molar-refractivity contribution in [1.82, 2.24) is 0 Å². The number of nitrogens with one attached hydrogen (secondary N) is 1. The molecule has 0 saturated carbocycles. The van der Waals surface area contributed by atoms with Crippen molar-refractivity contribution in [2.75, 3.05) is 31.0 Å².